The van der Waals surface area contributed by atoms with E-state index >= 15 is 0 Å². The van der Waals surface area contributed by atoms with Crippen LogP contribution in [0, 0.1) is 0 Å². The van der Waals surface area contributed by atoms with E-state index in [1.54, 1.807) is 24.3 Å². The molecule has 0 aliphatic heterocycles. The molecule has 4 aromatic rings. The zero-order valence-electron chi connectivity index (χ0n) is 19.5. The second-order valence-corrected chi connectivity index (χ2v) is 10.2. The average Bonchev–Trinajstić information content (AvgIpc) is 2.73. The molecule has 4 aromatic carbocycles. The van der Waals surface area contributed by atoms with Gasteiger partial charge in [-0.3, -0.25) is 4.79 Å². The van der Waals surface area contributed by atoms with Gasteiger partial charge in [-0.15, -0.1) is 0 Å². The van der Waals surface area contributed by atoms with E-state index < -0.39 is 30.0 Å². The first-order valence-corrected chi connectivity index (χ1v) is 12.5. The Morgan fingerprint density at radius 1 is 0.778 bits per heavy atom. The Morgan fingerprint density at radius 3 is 1.92 bits per heavy atom. The van der Waals surface area contributed by atoms with Crippen molar-refractivity contribution < 1.29 is 89.9 Å². The van der Waals surface area contributed by atoms with Crippen molar-refractivity contribution in [2.75, 3.05) is 16.4 Å². The van der Waals surface area contributed by atoms with E-state index in [0.29, 0.717) is 22.1 Å². The second kappa shape index (κ2) is 11.4. The summed E-state index contributed by atoms with van der Waals surface area (Å²) in [6.45, 7) is 1.36. The number of hydrogen-bond acceptors (Lipinski definition) is 9. The minimum atomic E-state index is -4.95. The molecule has 0 radical (unpaired) electrons. The predicted octanol–water partition coefficient (Wildman–Crippen LogP) is -2.91. The number of carbonyl (C=O) groups is 1. The minimum absolute atomic E-state index is 0. The molecule has 0 unspecified atom stereocenters. The topological polar surface area (TPSA) is 182 Å². The molecule has 10 nitrogen and oxygen atoms in total. The standard InChI is InChI=1S/C22H19N3O7S2.2Na/c1-12(26)24-14-5-7-15(8-6-14)25-19-11-21(34(30,31)32)22(23)18-9-13-3-2-4-20(33(27,28)29)16(13)10-17(18)19;;/h2-11,25H,23H2,1H3,(H,24,26)(H,27,28,29)(H,30,31,32);;/q;2*+1/p-2. The molecule has 0 atom stereocenters. The zero-order valence-corrected chi connectivity index (χ0v) is 25.2. The second-order valence-electron chi connectivity index (χ2n) is 7.50. The van der Waals surface area contributed by atoms with Crippen molar-refractivity contribution in [1.82, 2.24) is 0 Å². The average molecular weight is 546 g/mol. The largest absolute Gasteiger partial charge is 1.00 e. The van der Waals surface area contributed by atoms with Crippen LogP contribution in [0.1, 0.15) is 6.92 Å². The molecule has 0 heterocycles. The third kappa shape index (κ3) is 6.40. The fourth-order valence-electron chi connectivity index (χ4n) is 3.69. The van der Waals surface area contributed by atoms with E-state index in [-0.39, 0.29) is 87.2 Å². The Morgan fingerprint density at radius 2 is 1.36 bits per heavy atom. The Balaban J connectivity index is 0.00000228. The molecule has 14 heteroatoms. The number of nitrogens with one attached hydrogen (secondary N) is 2. The predicted molar refractivity (Wildman–Crippen MR) is 126 cm³/mol. The molecule has 4 N–H and O–H groups in total. The molecule has 0 saturated carbocycles. The molecule has 0 aromatic heterocycles. The van der Waals surface area contributed by atoms with Crippen LogP contribution in [0.2, 0.25) is 0 Å². The van der Waals surface area contributed by atoms with Crippen LogP contribution < -0.4 is 75.5 Å². The summed E-state index contributed by atoms with van der Waals surface area (Å²) in [6, 6.07) is 14.4. The van der Waals surface area contributed by atoms with Gasteiger partial charge >= 0.3 is 59.1 Å². The maximum atomic E-state index is 11.9. The van der Waals surface area contributed by atoms with Gasteiger partial charge in [0.2, 0.25) is 5.91 Å². The Kier molecular flexibility index (Phi) is 9.62. The number of rotatable bonds is 5. The first-order valence-electron chi connectivity index (χ1n) is 9.70. The Labute approximate surface area is 251 Å². The van der Waals surface area contributed by atoms with Crippen LogP contribution in [0.25, 0.3) is 21.5 Å². The molecule has 0 aliphatic carbocycles. The van der Waals surface area contributed by atoms with E-state index in [2.05, 4.69) is 10.6 Å². The van der Waals surface area contributed by atoms with Crippen molar-refractivity contribution in [2.24, 2.45) is 0 Å². The van der Waals surface area contributed by atoms with E-state index in [1.807, 2.05) is 0 Å². The summed E-state index contributed by atoms with van der Waals surface area (Å²) in [6.07, 6.45) is 0. The van der Waals surface area contributed by atoms with Gasteiger partial charge in [0.25, 0.3) is 0 Å². The SMILES string of the molecule is CC(=O)Nc1ccc(Nc2cc(S(=O)(=O)[O-])c(N)c3cc4cccc(S(=O)(=O)[O-])c4cc23)cc1.[Na+].[Na+]. The summed E-state index contributed by atoms with van der Waals surface area (Å²) in [5.74, 6) is -0.258. The van der Waals surface area contributed by atoms with Gasteiger partial charge in [0.15, 0.2) is 0 Å². The van der Waals surface area contributed by atoms with Crippen LogP contribution in [0.4, 0.5) is 22.7 Å². The van der Waals surface area contributed by atoms with Crippen LogP contribution in [0.5, 0.6) is 0 Å². The van der Waals surface area contributed by atoms with Crippen molar-refractivity contribution in [2.45, 2.75) is 16.7 Å². The summed E-state index contributed by atoms with van der Waals surface area (Å²) < 4.78 is 70.9. The molecule has 176 valence electrons. The first-order chi connectivity index (χ1) is 15.8. The molecule has 0 fully saturated rings. The molecular weight excluding hydrogens is 528 g/mol. The van der Waals surface area contributed by atoms with Crippen molar-refractivity contribution in [1.29, 1.82) is 0 Å². The van der Waals surface area contributed by atoms with Crippen LogP contribution in [0.3, 0.4) is 0 Å². The quantitative estimate of drug-likeness (QED) is 0.103. The van der Waals surface area contributed by atoms with Gasteiger partial charge in [-0.2, -0.15) is 0 Å². The number of carbonyl (C=O) groups excluding carboxylic acids is 1. The van der Waals surface area contributed by atoms with Crippen molar-refractivity contribution in [3.05, 3.63) is 60.7 Å². The number of nitrogens with two attached hydrogens (primary N) is 1. The van der Waals surface area contributed by atoms with Gasteiger partial charge in [0, 0.05) is 34.8 Å². The molecular formula is C22H17N3Na2O7S2. The molecule has 0 spiro atoms. The Bertz CT molecular complexity index is 1690. The molecule has 4 rings (SSSR count). The molecule has 0 aliphatic rings. The van der Waals surface area contributed by atoms with E-state index in [1.165, 1.54) is 37.3 Å². The number of anilines is 4. The third-order valence-corrected chi connectivity index (χ3v) is 6.89. The summed E-state index contributed by atoms with van der Waals surface area (Å²) in [5, 5.41) is 6.52. The Hall–Kier alpha value is -1.71. The molecule has 36 heavy (non-hydrogen) atoms. The first kappa shape index (κ1) is 30.5. The smallest absolute Gasteiger partial charge is 0.744 e. The number of hydrogen-bond donors (Lipinski definition) is 3. The zero-order chi connectivity index (χ0) is 24.8. The number of benzene rings is 4. The van der Waals surface area contributed by atoms with Gasteiger partial charge < -0.3 is 25.5 Å². The van der Waals surface area contributed by atoms with Gasteiger partial charge in [-0.05, 0) is 59.3 Å². The van der Waals surface area contributed by atoms with Crippen LogP contribution in [0.15, 0.2) is 70.5 Å². The summed E-state index contributed by atoms with van der Waals surface area (Å²) >= 11 is 0. The van der Waals surface area contributed by atoms with E-state index in [4.69, 9.17) is 5.73 Å². The number of fused-ring (bicyclic) bond motifs is 2. The number of nitrogen functional groups attached to an aromatic ring is 1. The van der Waals surface area contributed by atoms with Gasteiger partial charge in [0.1, 0.15) is 20.2 Å². The fraction of sp³-hybridized carbons (Fsp3) is 0.0455. The van der Waals surface area contributed by atoms with Crippen LogP contribution in [-0.2, 0) is 25.0 Å². The molecule has 0 saturated heterocycles. The van der Waals surface area contributed by atoms with Crippen LogP contribution >= 0.6 is 0 Å². The van der Waals surface area contributed by atoms with Gasteiger partial charge in [0.05, 0.1) is 15.5 Å². The minimum Gasteiger partial charge on any atom is -0.744 e. The van der Waals surface area contributed by atoms with Crippen molar-refractivity contribution in [3.63, 3.8) is 0 Å². The summed E-state index contributed by atoms with van der Waals surface area (Å²) in [5.41, 5.74) is 6.87. The number of amides is 1. The molecule has 0 bridgehead atoms. The van der Waals surface area contributed by atoms with Crippen LogP contribution in [-0.4, -0.2) is 31.8 Å². The third-order valence-electron chi connectivity index (χ3n) is 5.12. The maximum absolute atomic E-state index is 11.9. The monoisotopic (exact) mass is 545 g/mol. The maximum Gasteiger partial charge on any atom is 1.00 e. The normalized spacial score (nSPS) is 11.4. The van der Waals surface area contributed by atoms with Gasteiger partial charge in [-0.1, -0.05) is 12.1 Å². The molecule has 1 amide bonds. The van der Waals surface area contributed by atoms with Gasteiger partial charge in [-0.25, -0.2) is 16.8 Å². The van der Waals surface area contributed by atoms with Crippen molar-refractivity contribution >= 4 is 70.4 Å². The fourth-order valence-corrected chi connectivity index (χ4v) is 5.02. The van der Waals surface area contributed by atoms with Crippen molar-refractivity contribution in [3.8, 4) is 0 Å². The van der Waals surface area contributed by atoms with E-state index in [9.17, 15) is 30.7 Å². The summed E-state index contributed by atoms with van der Waals surface area (Å²) in [7, 11) is -9.76. The van der Waals surface area contributed by atoms with E-state index in [0.717, 1.165) is 6.07 Å². The summed E-state index contributed by atoms with van der Waals surface area (Å²) in [4.78, 5) is 10.1.